The van der Waals surface area contributed by atoms with Gasteiger partial charge in [0.1, 0.15) is 4.88 Å². The summed E-state index contributed by atoms with van der Waals surface area (Å²) in [6.07, 6.45) is 3.07. The number of aromatic nitrogens is 4. The third-order valence-electron chi connectivity index (χ3n) is 1.46. The maximum absolute atomic E-state index is 10.7. The number of carbonyl (C=O) groups is 1. The van der Waals surface area contributed by atoms with Gasteiger partial charge in [-0.1, -0.05) is 4.49 Å². The minimum atomic E-state index is -1.12. The highest BCUT2D eigenvalue weighted by Crippen LogP contribution is 2.21. The zero-order valence-corrected chi connectivity index (χ0v) is 7.60. The fraction of sp³-hybridized carbons (Fsp3) is 0. The lowest BCUT2D eigenvalue weighted by atomic mass is 10.3. The molecule has 14 heavy (non-hydrogen) atoms. The monoisotopic (exact) mass is 208 g/mol. The van der Waals surface area contributed by atoms with Crippen LogP contribution in [0.15, 0.2) is 18.5 Å². The quantitative estimate of drug-likeness (QED) is 0.781. The van der Waals surface area contributed by atoms with E-state index in [4.69, 9.17) is 5.11 Å². The minimum Gasteiger partial charge on any atom is -0.476 e. The predicted molar refractivity (Wildman–Crippen MR) is 47.9 cm³/mol. The number of carboxylic acid groups (broad SMARTS) is 1. The average molecular weight is 208 g/mol. The molecular formula is C7H4N4O2S. The van der Waals surface area contributed by atoms with Gasteiger partial charge in [-0.25, -0.2) is 14.8 Å². The summed E-state index contributed by atoms with van der Waals surface area (Å²) >= 11 is 0.964. The molecule has 0 aliphatic rings. The van der Waals surface area contributed by atoms with Gasteiger partial charge in [0.15, 0.2) is 11.5 Å². The second-order valence-electron chi connectivity index (χ2n) is 2.33. The average Bonchev–Trinajstić information content (AvgIpc) is 2.67. The van der Waals surface area contributed by atoms with E-state index in [1.807, 2.05) is 0 Å². The Labute approximate surface area is 82.4 Å². The van der Waals surface area contributed by atoms with Crippen LogP contribution in [0, 0.1) is 0 Å². The molecule has 7 heteroatoms. The van der Waals surface area contributed by atoms with Crippen molar-refractivity contribution in [3.8, 4) is 10.7 Å². The van der Waals surface area contributed by atoms with E-state index < -0.39 is 5.97 Å². The van der Waals surface area contributed by atoms with Crippen molar-refractivity contribution in [2.75, 3.05) is 0 Å². The van der Waals surface area contributed by atoms with E-state index >= 15 is 0 Å². The van der Waals surface area contributed by atoms with Gasteiger partial charge in [-0.3, -0.25) is 0 Å². The number of hydrogen-bond donors (Lipinski definition) is 1. The Balaban J connectivity index is 2.52. The number of carboxylic acids is 1. The van der Waals surface area contributed by atoms with Crippen LogP contribution in [0.5, 0.6) is 0 Å². The highest BCUT2D eigenvalue weighted by molar-refractivity contribution is 7.09. The van der Waals surface area contributed by atoms with Crippen LogP contribution in [0.4, 0.5) is 0 Å². The van der Waals surface area contributed by atoms with Crippen LogP contribution in [0.25, 0.3) is 10.7 Å². The van der Waals surface area contributed by atoms with Crippen LogP contribution >= 0.6 is 11.5 Å². The highest BCUT2D eigenvalue weighted by atomic mass is 32.1. The molecule has 0 unspecified atom stereocenters. The van der Waals surface area contributed by atoms with Crippen LogP contribution < -0.4 is 0 Å². The molecule has 0 radical (unpaired) electrons. The van der Waals surface area contributed by atoms with E-state index in [2.05, 4.69) is 19.6 Å². The second-order valence-corrected chi connectivity index (χ2v) is 3.08. The van der Waals surface area contributed by atoms with Gasteiger partial charge in [-0.05, 0) is 17.6 Å². The van der Waals surface area contributed by atoms with Crippen molar-refractivity contribution in [2.24, 2.45) is 0 Å². The van der Waals surface area contributed by atoms with E-state index in [0.717, 1.165) is 11.5 Å². The first-order valence-corrected chi connectivity index (χ1v) is 4.39. The van der Waals surface area contributed by atoms with Crippen LogP contribution in [-0.2, 0) is 0 Å². The maximum Gasteiger partial charge on any atom is 0.358 e. The van der Waals surface area contributed by atoms with Gasteiger partial charge < -0.3 is 5.11 Å². The molecule has 0 bridgehead atoms. The molecule has 0 spiro atoms. The number of hydrogen-bond acceptors (Lipinski definition) is 6. The maximum atomic E-state index is 10.7. The smallest absolute Gasteiger partial charge is 0.358 e. The van der Waals surface area contributed by atoms with Gasteiger partial charge in [0.05, 0.1) is 0 Å². The first-order valence-electron chi connectivity index (χ1n) is 3.62. The normalized spacial score (nSPS) is 10.0. The van der Waals surface area contributed by atoms with Crippen LogP contribution in [0.1, 0.15) is 10.5 Å². The fourth-order valence-corrected chi connectivity index (χ4v) is 1.50. The summed E-state index contributed by atoms with van der Waals surface area (Å²) in [5.41, 5.74) is -0.110. The molecule has 1 N–H and O–H groups in total. The summed E-state index contributed by atoms with van der Waals surface area (Å²) in [6, 6.07) is 1.65. The molecule has 0 atom stereocenters. The SMILES string of the molecule is O=C(O)c1nnsc1-c1ncccn1. The fourth-order valence-electron chi connectivity index (χ4n) is 0.894. The molecule has 0 aliphatic heterocycles. The van der Waals surface area contributed by atoms with Gasteiger partial charge in [0.25, 0.3) is 0 Å². The van der Waals surface area contributed by atoms with E-state index in [1.54, 1.807) is 6.07 Å². The Morgan fingerprint density at radius 3 is 2.71 bits per heavy atom. The predicted octanol–water partition coefficient (Wildman–Crippen LogP) is 0.693. The zero-order chi connectivity index (χ0) is 9.97. The number of rotatable bonds is 2. The van der Waals surface area contributed by atoms with Gasteiger partial charge in [0, 0.05) is 12.4 Å². The lowest BCUT2D eigenvalue weighted by Gasteiger charge is -1.93. The van der Waals surface area contributed by atoms with Gasteiger partial charge in [-0.15, -0.1) is 5.10 Å². The van der Waals surface area contributed by atoms with E-state index in [-0.39, 0.29) is 5.69 Å². The summed E-state index contributed by atoms with van der Waals surface area (Å²) in [4.78, 5) is 18.9. The molecule has 70 valence electrons. The van der Waals surface area contributed by atoms with Crippen LogP contribution in [0.2, 0.25) is 0 Å². The Morgan fingerprint density at radius 1 is 1.36 bits per heavy atom. The van der Waals surface area contributed by atoms with E-state index in [9.17, 15) is 4.79 Å². The Hall–Kier alpha value is -1.89. The summed E-state index contributed by atoms with van der Waals surface area (Å²) in [7, 11) is 0. The molecule has 0 aliphatic carbocycles. The van der Waals surface area contributed by atoms with Crippen molar-refractivity contribution < 1.29 is 9.90 Å². The Kier molecular flexibility index (Phi) is 2.15. The summed E-state index contributed by atoms with van der Waals surface area (Å²) in [6.45, 7) is 0. The molecular weight excluding hydrogens is 204 g/mol. The molecule has 0 saturated carbocycles. The summed E-state index contributed by atoms with van der Waals surface area (Å²) in [5.74, 6) is -0.791. The minimum absolute atomic E-state index is 0.110. The molecule has 2 heterocycles. The third kappa shape index (κ3) is 1.44. The van der Waals surface area contributed by atoms with Crippen molar-refractivity contribution in [1.82, 2.24) is 19.6 Å². The third-order valence-corrected chi connectivity index (χ3v) is 2.18. The largest absolute Gasteiger partial charge is 0.476 e. The molecule has 2 aromatic rings. The molecule has 0 fully saturated rings. The lowest BCUT2D eigenvalue weighted by molar-refractivity contribution is 0.0691. The standard InChI is InChI=1S/C7H4N4O2S/c12-7(13)4-5(14-11-10-4)6-8-2-1-3-9-6/h1-3H,(H,12,13). The van der Waals surface area contributed by atoms with Crippen molar-refractivity contribution in [1.29, 1.82) is 0 Å². The van der Waals surface area contributed by atoms with Gasteiger partial charge in [0.2, 0.25) is 0 Å². The molecule has 2 aromatic heterocycles. The highest BCUT2D eigenvalue weighted by Gasteiger charge is 2.18. The summed E-state index contributed by atoms with van der Waals surface area (Å²) in [5, 5.41) is 12.2. The molecule has 2 rings (SSSR count). The molecule has 0 saturated heterocycles. The first-order chi connectivity index (χ1) is 6.79. The first kappa shape index (κ1) is 8.70. The Morgan fingerprint density at radius 2 is 2.07 bits per heavy atom. The number of nitrogens with zero attached hydrogens (tertiary/aromatic N) is 4. The van der Waals surface area contributed by atoms with Gasteiger partial charge in [-0.2, -0.15) is 0 Å². The van der Waals surface area contributed by atoms with Crippen molar-refractivity contribution >= 4 is 17.5 Å². The van der Waals surface area contributed by atoms with Crippen molar-refractivity contribution in [2.45, 2.75) is 0 Å². The Bertz CT molecular complexity index is 456. The number of aromatic carboxylic acids is 1. The van der Waals surface area contributed by atoms with E-state index in [1.165, 1.54) is 12.4 Å². The lowest BCUT2D eigenvalue weighted by Crippen LogP contribution is -2.00. The van der Waals surface area contributed by atoms with Gasteiger partial charge >= 0.3 is 5.97 Å². The van der Waals surface area contributed by atoms with Crippen LogP contribution in [-0.4, -0.2) is 30.6 Å². The molecule has 0 amide bonds. The van der Waals surface area contributed by atoms with Crippen LogP contribution in [0.3, 0.4) is 0 Å². The summed E-state index contributed by atoms with van der Waals surface area (Å²) < 4.78 is 3.55. The molecule has 6 nitrogen and oxygen atoms in total. The topological polar surface area (TPSA) is 88.9 Å². The van der Waals surface area contributed by atoms with Crippen molar-refractivity contribution in [3.05, 3.63) is 24.2 Å². The second kappa shape index (κ2) is 3.46. The zero-order valence-electron chi connectivity index (χ0n) is 6.78. The van der Waals surface area contributed by atoms with E-state index in [0.29, 0.717) is 10.7 Å². The van der Waals surface area contributed by atoms with Crippen molar-refractivity contribution in [3.63, 3.8) is 0 Å². The molecule has 0 aromatic carbocycles.